The molecule has 1 aromatic carbocycles. The molecule has 2 rings (SSSR count). The number of rotatable bonds is 2. The third kappa shape index (κ3) is 2.14. The van der Waals surface area contributed by atoms with E-state index in [1.165, 1.54) is 0 Å². The van der Waals surface area contributed by atoms with E-state index in [2.05, 4.69) is 0 Å². The highest BCUT2D eigenvalue weighted by molar-refractivity contribution is 5.68. The Morgan fingerprint density at radius 2 is 2.22 bits per heavy atom. The van der Waals surface area contributed by atoms with Crippen molar-refractivity contribution in [3.8, 4) is 6.07 Å². The highest BCUT2D eigenvalue weighted by Crippen LogP contribution is 2.34. The summed E-state index contributed by atoms with van der Waals surface area (Å²) in [6.45, 7) is -0.226. The topological polar surface area (TPSA) is 64.3 Å². The molecule has 0 aliphatic carbocycles. The molecule has 1 N–H and O–H groups in total. The van der Waals surface area contributed by atoms with Crippen molar-refractivity contribution in [2.75, 3.05) is 6.54 Å². The van der Waals surface area contributed by atoms with E-state index in [0.717, 1.165) is 10.5 Å². The molecule has 1 heterocycles. The van der Waals surface area contributed by atoms with Crippen LogP contribution in [0.5, 0.6) is 0 Å². The van der Waals surface area contributed by atoms with Gasteiger partial charge in [-0.3, -0.25) is 4.90 Å². The quantitative estimate of drug-likeness (QED) is 0.872. The van der Waals surface area contributed by atoms with Crippen molar-refractivity contribution in [2.24, 2.45) is 0 Å². The number of carbonyl (C=O) groups is 1. The first-order chi connectivity index (χ1) is 8.57. The lowest BCUT2D eigenvalue weighted by atomic mass is 9.89. The monoisotopic (exact) mass is 248 g/mol. The number of likely N-dealkylation sites (tertiary alicyclic amines) is 1. The second-order valence-corrected chi connectivity index (χ2v) is 4.50. The van der Waals surface area contributed by atoms with Crippen LogP contribution < -0.4 is 0 Å². The van der Waals surface area contributed by atoms with Crippen LogP contribution in [-0.2, 0) is 6.42 Å². The van der Waals surface area contributed by atoms with Gasteiger partial charge in [-0.25, -0.2) is 9.18 Å². The average Bonchev–Trinajstić information content (AvgIpc) is 2.68. The lowest BCUT2D eigenvalue weighted by molar-refractivity contribution is 0.122. The Labute approximate surface area is 104 Å². The Morgan fingerprint density at radius 1 is 1.56 bits per heavy atom. The van der Waals surface area contributed by atoms with E-state index in [1.54, 1.807) is 0 Å². The van der Waals surface area contributed by atoms with E-state index in [0.29, 0.717) is 0 Å². The van der Waals surface area contributed by atoms with Gasteiger partial charge in [0.1, 0.15) is 11.7 Å². The highest BCUT2D eigenvalue weighted by Gasteiger charge is 2.49. The molecule has 0 aromatic heterocycles. The minimum atomic E-state index is -1.29. The molecule has 1 aromatic rings. The number of hydrogen-bond acceptors (Lipinski definition) is 2. The van der Waals surface area contributed by atoms with Gasteiger partial charge >= 0.3 is 6.09 Å². The van der Waals surface area contributed by atoms with Gasteiger partial charge < -0.3 is 5.11 Å². The summed E-state index contributed by atoms with van der Waals surface area (Å²) in [6.07, 6.45) is -2.36. The zero-order valence-corrected chi connectivity index (χ0v) is 9.71. The van der Waals surface area contributed by atoms with Crippen LogP contribution >= 0.6 is 0 Å². The summed E-state index contributed by atoms with van der Waals surface area (Å²) in [5.74, 6) is 0. The molecule has 0 bridgehead atoms. The van der Waals surface area contributed by atoms with Gasteiger partial charge in [0.15, 0.2) is 0 Å². The van der Waals surface area contributed by atoms with Gasteiger partial charge in [-0.15, -0.1) is 0 Å². The van der Waals surface area contributed by atoms with E-state index in [4.69, 9.17) is 5.11 Å². The molecule has 2 atom stereocenters. The summed E-state index contributed by atoms with van der Waals surface area (Å²) in [4.78, 5) is 12.0. The zero-order chi connectivity index (χ0) is 13.2. The minimum Gasteiger partial charge on any atom is -0.465 e. The Kier molecular flexibility index (Phi) is 3.19. The van der Waals surface area contributed by atoms with Crippen LogP contribution in [-0.4, -0.2) is 34.4 Å². The number of halogens is 1. The zero-order valence-electron chi connectivity index (χ0n) is 9.71. The van der Waals surface area contributed by atoms with Crippen molar-refractivity contribution in [2.45, 2.75) is 24.6 Å². The molecule has 1 fully saturated rings. The first kappa shape index (κ1) is 12.4. The average molecular weight is 248 g/mol. The third-order valence-electron chi connectivity index (χ3n) is 3.23. The fraction of sp³-hybridized carbons (Fsp3) is 0.385. The van der Waals surface area contributed by atoms with Crippen LogP contribution in [0.4, 0.5) is 9.18 Å². The predicted molar refractivity (Wildman–Crippen MR) is 62.7 cm³/mol. The van der Waals surface area contributed by atoms with Crippen LogP contribution in [0.15, 0.2) is 30.3 Å². The maximum atomic E-state index is 13.5. The van der Waals surface area contributed by atoms with E-state index in [9.17, 15) is 14.4 Å². The Balaban J connectivity index is 2.30. The molecule has 1 saturated heterocycles. The van der Waals surface area contributed by atoms with Gasteiger partial charge in [-0.1, -0.05) is 30.3 Å². The van der Waals surface area contributed by atoms with Crippen LogP contribution in [0.3, 0.4) is 0 Å². The molecule has 0 radical (unpaired) electrons. The van der Waals surface area contributed by atoms with Crippen LogP contribution in [0.25, 0.3) is 0 Å². The molecule has 5 heteroatoms. The van der Waals surface area contributed by atoms with Crippen molar-refractivity contribution in [1.29, 1.82) is 5.26 Å². The first-order valence-electron chi connectivity index (χ1n) is 5.67. The maximum Gasteiger partial charge on any atom is 0.408 e. The summed E-state index contributed by atoms with van der Waals surface area (Å²) >= 11 is 0. The Hall–Kier alpha value is -2.09. The lowest BCUT2D eigenvalue weighted by Gasteiger charge is -2.29. The van der Waals surface area contributed by atoms with E-state index in [-0.39, 0.29) is 19.4 Å². The van der Waals surface area contributed by atoms with E-state index >= 15 is 0 Å². The number of carboxylic acid groups (broad SMARTS) is 1. The molecule has 94 valence electrons. The second kappa shape index (κ2) is 4.65. The van der Waals surface area contributed by atoms with Crippen molar-refractivity contribution < 1.29 is 14.3 Å². The molecular weight excluding hydrogens is 235 g/mol. The molecule has 1 aliphatic heterocycles. The highest BCUT2D eigenvalue weighted by atomic mass is 19.1. The van der Waals surface area contributed by atoms with Crippen molar-refractivity contribution in [3.63, 3.8) is 0 Å². The number of benzene rings is 1. The second-order valence-electron chi connectivity index (χ2n) is 4.50. The number of nitrogens with zero attached hydrogens (tertiary/aromatic N) is 2. The smallest absolute Gasteiger partial charge is 0.408 e. The van der Waals surface area contributed by atoms with Crippen molar-refractivity contribution in [1.82, 2.24) is 4.90 Å². The Morgan fingerprint density at radius 3 is 2.78 bits per heavy atom. The van der Waals surface area contributed by atoms with E-state index in [1.807, 2.05) is 36.4 Å². The number of amides is 1. The normalized spacial score (nSPS) is 26.9. The largest absolute Gasteiger partial charge is 0.465 e. The molecule has 18 heavy (non-hydrogen) atoms. The van der Waals surface area contributed by atoms with Crippen molar-refractivity contribution >= 4 is 6.09 Å². The molecule has 1 amide bonds. The maximum absolute atomic E-state index is 13.5. The van der Waals surface area contributed by atoms with Crippen LogP contribution in [0.2, 0.25) is 0 Å². The van der Waals surface area contributed by atoms with Gasteiger partial charge in [0.2, 0.25) is 0 Å². The predicted octanol–water partition coefficient (Wildman–Crippen LogP) is 2.21. The van der Waals surface area contributed by atoms with Crippen LogP contribution in [0, 0.1) is 11.3 Å². The summed E-state index contributed by atoms with van der Waals surface area (Å²) in [7, 11) is 0. The molecule has 0 unspecified atom stereocenters. The molecule has 0 spiro atoms. The van der Waals surface area contributed by atoms with Gasteiger partial charge in [0, 0.05) is 12.8 Å². The molecule has 1 aliphatic rings. The van der Waals surface area contributed by atoms with Gasteiger partial charge in [0.25, 0.3) is 0 Å². The minimum absolute atomic E-state index is 0.0648. The first-order valence-corrected chi connectivity index (χ1v) is 5.67. The number of nitriles is 1. The summed E-state index contributed by atoms with van der Waals surface area (Å²) in [6, 6.07) is 11.1. The SMILES string of the molecule is N#C[C@]1(Cc2ccccc2)C[C@H](F)CN1C(=O)O. The summed E-state index contributed by atoms with van der Waals surface area (Å²) in [5.41, 5.74) is -0.452. The van der Waals surface area contributed by atoms with Gasteiger partial charge in [-0.05, 0) is 5.56 Å². The van der Waals surface area contributed by atoms with Crippen LogP contribution in [0.1, 0.15) is 12.0 Å². The van der Waals surface area contributed by atoms with E-state index < -0.39 is 17.8 Å². The standard InChI is InChI=1S/C13H13FN2O2/c14-11-7-13(9-15,16(8-11)12(17)18)6-10-4-2-1-3-5-10/h1-5,11H,6-8H2,(H,17,18)/t11-,13-/m0/s1. The van der Waals surface area contributed by atoms with Crippen molar-refractivity contribution in [3.05, 3.63) is 35.9 Å². The van der Waals surface area contributed by atoms with Gasteiger partial charge in [0.05, 0.1) is 12.6 Å². The number of hydrogen-bond donors (Lipinski definition) is 1. The number of alkyl halides is 1. The summed E-state index contributed by atoms with van der Waals surface area (Å²) < 4.78 is 13.5. The molecular formula is C13H13FN2O2. The fourth-order valence-electron chi connectivity index (χ4n) is 2.42. The third-order valence-corrected chi connectivity index (χ3v) is 3.23. The fourth-order valence-corrected chi connectivity index (χ4v) is 2.42. The molecule has 4 nitrogen and oxygen atoms in total. The van der Waals surface area contributed by atoms with Gasteiger partial charge in [-0.2, -0.15) is 5.26 Å². The summed E-state index contributed by atoms with van der Waals surface area (Å²) in [5, 5.41) is 18.4. The molecule has 0 saturated carbocycles. The lowest BCUT2D eigenvalue weighted by Crippen LogP contribution is -2.47. The Bertz CT molecular complexity index is 486.